The van der Waals surface area contributed by atoms with Gasteiger partial charge in [0.05, 0.1) is 13.2 Å². The zero-order valence-electron chi connectivity index (χ0n) is 12.2. The van der Waals surface area contributed by atoms with Gasteiger partial charge in [0.1, 0.15) is 17.2 Å². The number of nitrogen functional groups attached to an aromatic ring is 1. The van der Waals surface area contributed by atoms with Crippen LogP contribution in [0.5, 0.6) is 5.75 Å². The van der Waals surface area contributed by atoms with E-state index >= 15 is 0 Å². The molecule has 5 nitrogen and oxygen atoms in total. The highest BCUT2D eigenvalue weighted by atomic mass is 16.5. The molecule has 1 heterocycles. The molecular weight excluding hydrogens is 254 g/mol. The normalized spacial score (nSPS) is 10.6. The fraction of sp³-hybridized carbons (Fsp3) is 0.400. The monoisotopic (exact) mass is 275 g/mol. The third-order valence-corrected chi connectivity index (χ3v) is 2.90. The summed E-state index contributed by atoms with van der Waals surface area (Å²) in [5.41, 5.74) is 8.51. The highest BCUT2D eigenvalue weighted by Crippen LogP contribution is 2.26. The van der Waals surface area contributed by atoms with Crippen molar-refractivity contribution >= 4 is 11.4 Å². The molecule has 0 radical (unpaired) electrons. The van der Waals surface area contributed by atoms with Crippen LogP contribution in [0.1, 0.15) is 24.8 Å². The summed E-state index contributed by atoms with van der Waals surface area (Å²) in [6.45, 7) is 5.31. The van der Waals surface area contributed by atoms with Gasteiger partial charge in [-0.25, -0.2) is 0 Å². The maximum atomic E-state index is 5.93. The molecule has 2 aromatic rings. The molecule has 0 saturated carbocycles. The van der Waals surface area contributed by atoms with Crippen LogP contribution >= 0.6 is 0 Å². The molecule has 0 bridgehead atoms. The van der Waals surface area contributed by atoms with Gasteiger partial charge in [-0.1, -0.05) is 12.1 Å². The van der Waals surface area contributed by atoms with Gasteiger partial charge in [-0.3, -0.25) is 0 Å². The van der Waals surface area contributed by atoms with Crippen LogP contribution in [0.2, 0.25) is 0 Å². The average Bonchev–Trinajstić information content (AvgIpc) is 2.81. The van der Waals surface area contributed by atoms with Crippen molar-refractivity contribution in [3.63, 3.8) is 0 Å². The second-order valence-electron chi connectivity index (χ2n) is 4.89. The number of nitrogens with zero attached hydrogens (tertiary/aromatic N) is 2. The quantitative estimate of drug-likeness (QED) is 0.821. The Balaban J connectivity index is 2.12. The molecule has 0 aliphatic carbocycles. The molecular formula is C15H21N3O2. The Kier molecular flexibility index (Phi) is 4.50. The number of anilines is 2. The van der Waals surface area contributed by atoms with Gasteiger partial charge in [-0.15, -0.1) is 0 Å². The molecule has 1 aromatic heterocycles. The largest absolute Gasteiger partial charge is 0.493 e. The lowest BCUT2D eigenvalue weighted by Crippen LogP contribution is -2.17. The van der Waals surface area contributed by atoms with E-state index in [2.05, 4.69) is 17.0 Å². The van der Waals surface area contributed by atoms with Gasteiger partial charge in [0.2, 0.25) is 0 Å². The van der Waals surface area contributed by atoms with Gasteiger partial charge >= 0.3 is 0 Å². The van der Waals surface area contributed by atoms with E-state index in [1.54, 1.807) is 0 Å². The van der Waals surface area contributed by atoms with Crippen molar-refractivity contribution in [2.24, 2.45) is 0 Å². The molecule has 0 unspecified atom stereocenters. The van der Waals surface area contributed by atoms with Crippen LogP contribution < -0.4 is 15.4 Å². The maximum Gasteiger partial charge on any atom is 0.133 e. The standard InChI is InChI=1S/C15H21N3O2/c1-4-5-19-15-8-12(16)7-14(9-15)18(3)10-13-6-11(2)20-17-13/h6-9H,4-5,10,16H2,1-3H3. The van der Waals surface area contributed by atoms with Crippen LogP contribution in [0.15, 0.2) is 28.8 Å². The maximum absolute atomic E-state index is 5.93. The summed E-state index contributed by atoms with van der Waals surface area (Å²) >= 11 is 0. The Hall–Kier alpha value is -2.17. The van der Waals surface area contributed by atoms with Crippen LogP contribution in [-0.2, 0) is 6.54 Å². The van der Waals surface area contributed by atoms with E-state index in [1.807, 2.05) is 38.2 Å². The van der Waals surface area contributed by atoms with Crippen LogP contribution in [0.4, 0.5) is 11.4 Å². The molecule has 5 heteroatoms. The first kappa shape index (κ1) is 14.2. The third-order valence-electron chi connectivity index (χ3n) is 2.90. The van der Waals surface area contributed by atoms with Crippen molar-refractivity contribution < 1.29 is 9.26 Å². The molecule has 108 valence electrons. The number of benzene rings is 1. The van der Waals surface area contributed by atoms with E-state index in [0.717, 1.165) is 29.3 Å². The molecule has 0 amide bonds. The molecule has 0 aliphatic rings. The van der Waals surface area contributed by atoms with Gasteiger partial charge in [0.15, 0.2) is 0 Å². The first-order valence-electron chi connectivity index (χ1n) is 6.75. The van der Waals surface area contributed by atoms with Crippen molar-refractivity contribution in [1.29, 1.82) is 0 Å². The summed E-state index contributed by atoms with van der Waals surface area (Å²) < 4.78 is 10.7. The predicted molar refractivity (Wildman–Crippen MR) is 80.0 cm³/mol. The first-order chi connectivity index (χ1) is 9.58. The van der Waals surface area contributed by atoms with E-state index in [1.165, 1.54) is 0 Å². The van der Waals surface area contributed by atoms with Crippen LogP contribution in [0.25, 0.3) is 0 Å². The minimum absolute atomic E-state index is 0.661. The topological polar surface area (TPSA) is 64.5 Å². The van der Waals surface area contributed by atoms with Gasteiger partial charge in [-0.05, 0) is 19.4 Å². The second-order valence-corrected chi connectivity index (χ2v) is 4.89. The summed E-state index contributed by atoms with van der Waals surface area (Å²) in [6.07, 6.45) is 0.970. The molecule has 0 fully saturated rings. The third kappa shape index (κ3) is 3.66. The van der Waals surface area contributed by atoms with E-state index in [-0.39, 0.29) is 0 Å². The molecule has 20 heavy (non-hydrogen) atoms. The highest BCUT2D eigenvalue weighted by molar-refractivity contribution is 5.60. The smallest absolute Gasteiger partial charge is 0.133 e. The van der Waals surface area contributed by atoms with Crippen LogP contribution in [0, 0.1) is 6.92 Å². The number of aromatic nitrogens is 1. The zero-order valence-corrected chi connectivity index (χ0v) is 12.2. The van der Waals surface area contributed by atoms with Gasteiger partial charge in [0, 0.05) is 36.6 Å². The van der Waals surface area contributed by atoms with Crippen LogP contribution in [-0.4, -0.2) is 18.8 Å². The summed E-state index contributed by atoms with van der Waals surface area (Å²) in [7, 11) is 1.99. The zero-order chi connectivity index (χ0) is 14.5. The minimum atomic E-state index is 0.661. The predicted octanol–water partition coefficient (Wildman–Crippen LogP) is 2.99. The number of ether oxygens (including phenoxy) is 1. The second kappa shape index (κ2) is 6.32. The number of rotatable bonds is 6. The van der Waals surface area contributed by atoms with Gasteiger partial charge < -0.3 is 19.9 Å². The Morgan fingerprint density at radius 3 is 2.75 bits per heavy atom. The number of hydrogen-bond donors (Lipinski definition) is 1. The van der Waals surface area contributed by atoms with Crippen molar-refractivity contribution in [2.75, 3.05) is 24.3 Å². The van der Waals surface area contributed by atoms with Gasteiger partial charge in [-0.2, -0.15) is 0 Å². The van der Waals surface area contributed by atoms with Crippen molar-refractivity contribution in [1.82, 2.24) is 5.16 Å². The molecule has 0 saturated heterocycles. The Bertz CT molecular complexity index is 566. The van der Waals surface area contributed by atoms with Crippen LogP contribution in [0.3, 0.4) is 0 Å². The van der Waals surface area contributed by atoms with Gasteiger partial charge in [0.25, 0.3) is 0 Å². The SMILES string of the molecule is CCCOc1cc(N)cc(N(C)Cc2cc(C)on2)c1. The lowest BCUT2D eigenvalue weighted by Gasteiger charge is -2.19. The average molecular weight is 275 g/mol. The fourth-order valence-electron chi connectivity index (χ4n) is 1.96. The molecule has 0 atom stereocenters. The van der Waals surface area contributed by atoms with E-state index in [4.69, 9.17) is 15.0 Å². The Morgan fingerprint density at radius 2 is 2.10 bits per heavy atom. The Labute approximate surface area is 119 Å². The Morgan fingerprint density at radius 1 is 1.30 bits per heavy atom. The first-order valence-corrected chi connectivity index (χ1v) is 6.75. The molecule has 0 aliphatic heterocycles. The number of hydrogen-bond acceptors (Lipinski definition) is 5. The van der Waals surface area contributed by atoms with E-state index in [9.17, 15) is 0 Å². The summed E-state index contributed by atoms with van der Waals surface area (Å²) in [5, 5.41) is 4.00. The van der Waals surface area contributed by atoms with E-state index in [0.29, 0.717) is 18.8 Å². The highest BCUT2D eigenvalue weighted by Gasteiger charge is 2.08. The van der Waals surface area contributed by atoms with Crippen molar-refractivity contribution in [3.05, 3.63) is 35.7 Å². The lowest BCUT2D eigenvalue weighted by atomic mass is 10.2. The number of nitrogens with two attached hydrogens (primary N) is 1. The molecule has 2 rings (SSSR count). The summed E-state index contributed by atoms with van der Waals surface area (Å²) in [5.74, 6) is 1.61. The molecule has 2 N–H and O–H groups in total. The molecule has 0 spiro atoms. The number of aryl methyl sites for hydroxylation is 1. The van der Waals surface area contributed by atoms with Crippen molar-refractivity contribution in [2.45, 2.75) is 26.8 Å². The lowest BCUT2D eigenvalue weighted by molar-refractivity contribution is 0.317. The summed E-state index contributed by atoms with van der Waals surface area (Å²) in [6, 6.07) is 7.68. The fourth-order valence-corrected chi connectivity index (χ4v) is 1.96. The van der Waals surface area contributed by atoms with Crippen molar-refractivity contribution in [3.8, 4) is 5.75 Å². The minimum Gasteiger partial charge on any atom is -0.493 e. The molecule has 1 aromatic carbocycles. The van der Waals surface area contributed by atoms with E-state index < -0.39 is 0 Å². The summed E-state index contributed by atoms with van der Waals surface area (Å²) in [4.78, 5) is 2.06.